The maximum atomic E-state index is 6.23. The lowest BCUT2D eigenvalue weighted by Crippen LogP contribution is -2.32. The minimum absolute atomic E-state index is 0.368. The number of aromatic nitrogens is 1. The third-order valence-corrected chi connectivity index (χ3v) is 3.31. The number of fused-ring (bicyclic) bond motifs is 1. The van der Waals surface area contributed by atoms with Crippen molar-refractivity contribution in [1.82, 2.24) is 9.88 Å². The van der Waals surface area contributed by atoms with Crippen LogP contribution in [0, 0.1) is 0 Å². The van der Waals surface area contributed by atoms with E-state index in [4.69, 9.17) is 16.3 Å². The average molecular weight is 267 g/mol. The number of methoxy groups -OCH3 is 1. The molecule has 0 aliphatic rings. The maximum Gasteiger partial charge on any atom is 0.0670 e. The zero-order valence-electron chi connectivity index (χ0n) is 10.8. The summed E-state index contributed by atoms with van der Waals surface area (Å²) in [5.41, 5.74) is 1.11. The molecule has 0 aliphatic carbocycles. The molecule has 0 saturated carbocycles. The molecule has 1 atom stereocenters. The highest BCUT2D eigenvalue weighted by atomic mass is 35.5. The van der Waals surface area contributed by atoms with Crippen LogP contribution in [0.15, 0.2) is 30.5 Å². The van der Waals surface area contributed by atoms with Gasteiger partial charge in [0.05, 0.1) is 17.1 Å². The molecule has 3 nitrogen and oxygen atoms in total. The predicted molar refractivity (Wildman–Crippen MR) is 76.3 cm³/mol. The van der Waals surface area contributed by atoms with Gasteiger partial charge in [0, 0.05) is 37.8 Å². The van der Waals surface area contributed by atoms with Crippen molar-refractivity contribution in [3.63, 3.8) is 0 Å². The Morgan fingerprint density at radius 3 is 3.00 bits per heavy atom. The van der Waals surface area contributed by atoms with Crippen LogP contribution in [0.3, 0.4) is 0 Å². The minimum atomic E-state index is 0.368. The molecule has 0 aliphatic heterocycles. The summed E-state index contributed by atoms with van der Waals surface area (Å²) in [5.74, 6) is 0. The SMILES string of the molecule is COCC(C)NCCn1ccc2cccc(Cl)c21. The van der Waals surface area contributed by atoms with Crippen molar-refractivity contribution in [3.05, 3.63) is 35.5 Å². The first-order chi connectivity index (χ1) is 8.72. The van der Waals surface area contributed by atoms with Gasteiger partial charge in [-0.2, -0.15) is 0 Å². The second-order valence-corrected chi connectivity index (χ2v) is 4.90. The van der Waals surface area contributed by atoms with Gasteiger partial charge in [-0.3, -0.25) is 0 Å². The summed E-state index contributed by atoms with van der Waals surface area (Å²) in [4.78, 5) is 0. The third-order valence-electron chi connectivity index (χ3n) is 3.00. The summed E-state index contributed by atoms with van der Waals surface area (Å²) in [7, 11) is 1.72. The van der Waals surface area contributed by atoms with E-state index in [-0.39, 0.29) is 0 Å². The first kappa shape index (κ1) is 13.4. The number of halogens is 1. The van der Waals surface area contributed by atoms with Gasteiger partial charge in [-0.05, 0) is 19.1 Å². The van der Waals surface area contributed by atoms with E-state index in [9.17, 15) is 0 Å². The number of hydrogen-bond donors (Lipinski definition) is 1. The van der Waals surface area contributed by atoms with Gasteiger partial charge in [0.15, 0.2) is 0 Å². The fraction of sp³-hybridized carbons (Fsp3) is 0.429. The maximum absolute atomic E-state index is 6.23. The summed E-state index contributed by atoms with van der Waals surface area (Å²) in [6.07, 6.45) is 2.08. The molecule has 2 rings (SSSR count). The van der Waals surface area contributed by atoms with Crippen LogP contribution in [0.1, 0.15) is 6.92 Å². The smallest absolute Gasteiger partial charge is 0.0670 e. The number of hydrogen-bond acceptors (Lipinski definition) is 2. The summed E-state index contributed by atoms with van der Waals surface area (Å²) in [6, 6.07) is 8.46. The Morgan fingerprint density at radius 1 is 1.39 bits per heavy atom. The second-order valence-electron chi connectivity index (χ2n) is 4.50. The normalized spacial score (nSPS) is 13.1. The van der Waals surface area contributed by atoms with Crippen molar-refractivity contribution in [2.24, 2.45) is 0 Å². The fourth-order valence-corrected chi connectivity index (χ4v) is 2.43. The molecular formula is C14H19ClN2O. The van der Waals surface area contributed by atoms with E-state index in [1.165, 1.54) is 5.39 Å². The summed E-state index contributed by atoms with van der Waals surface area (Å²) < 4.78 is 7.28. The Morgan fingerprint density at radius 2 is 2.22 bits per heavy atom. The molecule has 2 aromatic rings. The molecule has 0 spiro atoms. The van der Waals surface area contributed by atoms with Crippen molar-refractivity contribution >= 4 is 22.5 Å². The van der Waals surface area contributed by atoms with Crippen LogP contribution in [-0.2, 0) is 11.3 Å². The van der Waals surface area contributed by atoms with Crippen LogP contribution < -0.4 is 5.32 Å². The van der Waals surface area contributed by atoms with E-state index >= 15 is 0 Å². The van der Waals surface area contributed by atoms with E-state index in [0.717, 1.165) is 30.2 Å². The first-order valence-corrected chi connectivity index (χ1v) is 6.56. The molecule has 1 unspecified atom stereocenters. The van der Waals surface area contributed by atoms with E-state index in [2.05, 4.69) is 35.1 Å². The van der Waals surface area contributed by atoms with Gasteiger partial charge < -0.3 is 14.6 Å². The van der Waals surface area contributed by atoms with Gasteiger partial charge >= 0.3 is 0 Å². The Labute approximate surface area is 113 Å². The number of ether oxygens (including phenoxy) is 1. The number of rotatable bonds is 6. The standard InChI is InChI=1S/C14H19ClN2O/c1-11(10-18-2)16-7-9-17-8-6-12-4-3-5-13(15)14(12)17/h3-6,8,11,16H,7,9-10H2,1-2H3. The lowest BCUT2D eigenvalue weighted by Gasteiger charge is -2.13. The van der Waals surface area contributed by atoms with Crippen molar-refractivity contribution in [1.29, 1.82) is 0 Å². The van der Waals surface area contributed by atoms with Gasteiger partial charge in [-0.15, -0.1) is 0 Å². The predicted octanol–water partition coefficient (Wildman–Crippen LogP) is 2.92. The molecule has 1 heterocycles. The largest absolute Gasteiger partial charge is 0.383 e. The van der Waals surface area contributed by atoms with Crippen molar-refractivity contribution < 1.29 is 4.74 Å². The lowest BCUT2D eigenvalue weighted by molar-refractivity contribution is 0.172. The van der Waals surface area contributed by atoms with E-state index < -0.39 is 0 Å². The fourth-order valence-electron chi connectivity index (χ4n) is 2.14. The van der Waals surface area contributed by atoms with E-state index in [1.54, 1.807) is 7.11 Å². The highest BCUT2D eigenvalue weighted by Gasteiger charge is 2.05. The van der Waals surface area contributed by atoms with Gasteiger partial charge in [0.1, 0.15) is 0 Å². The van der Waals surface area contributed by atoms with Crippen LogP contribution in [0.4, 0.5) is 0 Å². The Kier molecular flexibility index (Phi) is 4.64. The average Bonchev–Trinajstić information content (AvgIpc) is 2.74. The molecule has 0 saturated heterocycles. The van der Waals surface area contributed by atoms with Crippen LogP contribution in [0.25, 0.3) is 10.9 Å². The molecular weight excluding hydrogens is 248 g/mol. The number of nitrogens with zero attached hydrogens (tertiary/aromatic N) is 1. The zero-order chi connectivity index (χ0) is 13.0. The lowest BCUT2D eigenvalue weighted by atomic mass is 10.2. The molecule has 1 N–H and O–H groups in total. The Bertz CT molecular complexity index is 509. The molecule has 0 bridgehead atoms. The molecule has 0 radical (unpaired) electrons. The molecule has 1 aromatic carbocycles. The van der Waals surface area contributed by atoms with Gasteiger partial charge in [-0.25, -0.2) is 0 Å². The van der Waals surface area contributed by atoms with Crippen molar-refractivity contribution in [3.8, 4) is 0 Å². The van der Waals surface area contributed by atoms with Crippen LogP contribution in [-0.4, -0.2) is 30.9 Å². The highest BCUT2D eigenvalue weighted by Crippen LogP contribution is 2.24. The summed E-state index contributed by atoms with van der Waals surface area (Å²) in [5, 5.41) is 5.41. The van der Waals surface area contributed by atoms with Gasteiger partial charge in [0.25, 0.3) is 0 Å². The second kappa shape index (κ2) is 6.23. The van der Waals surface area contributed by atoms with Crippen molar-refractivity contribution in [2.75, 3.05) is 20.3 Å². The van der Waals surface area contributed by atoms with E-state index in [1.807, 2.05) is 12.1 Å². The zero-order valence-corrected chi connectivity index (χ0v) is 11.6. The quantitative estimate of drug-likeness (QED) is 0.870. The van der Waals surface area contributed by atoms with Crippen LogP contribution in [0.5, 0.6) is 0 Å². The summed E-state index contributed by atoms with van der Waals surface area (Å²) in [6.45, 7) is 4.65. The molecule has 98 valence electrons. The highest BCUT2D eigenvalue weighted by molar-refractivity contribution is 6.35. The molecule has 1 aromatic heterocycles. The summed E-state index contributed by atoms with van der Waals surface area (Å²) >= 11 is 6.23. The molecule has 0 amide bonds. The van der Waals surface area contributed by atoms with Gasteiger partial charge in [-0.1, -0.05) is 23.7 Å². The number of nitrogens with one attached hydrogen (secondary N) is 1. The molecule has 18 heavy (non-hydrogen) atoms. The first-order valence-electron chi connectivity index (χ1n) is 6.18. The third kappa shape index (κ3) is 3.05. The monoisotopic (exact) mass is 266 g/mol. The van der Waals surface area contributed by atoms with E-state index in [0.29, 0.717) is 6.04 Å². The van der Waals surface area contributed by atoms with Crippen molar-refractivity contribution in [2.45, 2.75) is 19.5 Å². The van der Waals surface area contributed by atoms with Crippen LogP contribution in [0.2, 0.25) is 5.02 Å². The molecule has 0 fully saturated rings. The van der Waals surface area contributed by atoms with Crippen LogP contribution >= 0.6 is 11.6 Å². The van der Waals surface area contributed by atoms with Gasteiger partial charge in [0.2, 0.25) is 0 Å². The number of para-hydroxylation sites is 1. The molecule has 4 heteroatoms. The minimum Gasteiger partial charge on any atom is -0.383 e. The number of benzene rings is 1. The topological polar surface area (TPSA) is 26.2 Å². The Balaban J connectivity index is 2.00. The Hall–Kier alpha value is -1.03.